The molecule has 3 aliphatic rings. The van der Waals surface area contributed by atoms with E-state index >= 15 is 0 Å². The van der Waals surface area contributed by atoms with Crippen LogP contribution in [0.4, 0.5) is 0 Å². The van der Waals surface area contributed by atoms with Crippen LogP contribution in [0.2, 0.25) is 0 Å². The summed E-state index contributed by atoms with van der Waals surface area (Å²) in [6.07, 6.45) is 7.34. The number of rotatable bonds is 5. The molecular formula is C15H22N4O3+2. The van der Waals surface area contributed by atoms with E-state index in [2.05, 4.69) is 10.3 Å². The van der Waals surface area contributed by atoms with E-state index < -0.39 is 0 Å². The van der Waals surface area contributed by atoms with Crippen LogP contribution in [0, 0.1) is 5.92 Å². The van der Waals surface area contributed by atoms with Gasteiger partial charge < -0.3 is 10.4 Å². The molecule has 0 spiro atoms. The summed E-state index contributed by atoms with van der Waals surface area (Å²) >= 11 is 0. The van der Waals surface area contributed by atoms with Crippen molar-refractivity contribution in [3.63, 3.8) is 0 Å². The average Bonchev–Trinajstić information content (AvgIpc) is 2.57. The fourth-order valence-electron chi connectivity index (χ4n) is 3.42. The number of fused-ring (bicyclic) bond motifs is 3. The number of oxime groups is 2. The highest BCUT2D eigenvalue weighted by Crippen LogP contribution is 2.31. The number of hydrogen-bond acceptors (Lipinski definition) is 5. The molecule has 0 aromatic carbocycles. The van der Waals surface area contributed by atoms with Gasteiger partial charge in [-0.2, -0.15) is 4.57 Å². The number of piperidine rings is 3. The molecule has 2 bridgehead atoms. The minimum atomic E-state index is 0.472. The van der Waals surface area contributed by atoms with Crippen LogP contribution in [0.5, 0.6) is 0 Å². The van der Waals surface area contributed by atoms with Crippen LogP contribution in [-0.4, -0.2) is 53.2 Å². The first-order valence-corrected chi connectivity index (χ1v) is 7.55. The van der Waals surface area contributed by atoms with Gasteiger partial charge in [-0.05, 0) is 0 Å². The van der Waals surface area contributed by atoms with Gasteiger partial charge in [0.1, 0.15) is 12.3 Å². The van der Waals surface area contributed by atoms with E-state index in [0.717, 1.165) is 48.2 Å². The highest BCUT2D eigenvalue weighted by atomic mass is 16.5. The number of pyridine rings is 1. The van der Waals surface area contributed by atoms with E-state index in [1.807, 2.05) is 29.1 Å². The van der Waals surface area contributed by atoms with Gasteiger partial charge in [0.05, 0.1) is 19.3 Å². The van der Waals surface area contributed by atoms with E-state index in [9.17, 15) is 0 Å². The predicted octanol–water partition coefficient (Wildman–Crippen LogP) is 0.784. The second-order valence-electron chi connectivity index (χ2n) is 6.17. The lowest BCUT2D eigenvalue weighted by Crippen LogP contribution is -2.63. The van der Waals surface area contributed by atoms with Crippen molar-refractivity contribution in [2.45, 2.75) is 19.6 Å². The number of nitrogens with zero attached hydrogens (tertiary/aromatic N) is 4. The zero-order chi connectivity index (χ0) is 15.4. The van der Waals surface area contributed by atoms with E-state index in [-0.39, 0.29) is 0 Å². The Hall–Kier alpha value is -1.99. The van der Waals surface area contributed by atoms with Gasteiger partial charge in [-0.3, -0.25) is 9.22 Å². The largest absolute Gasteiger partial charge is 0.411 e. The first kappa shape index (κ1) is 14.9. The standard InChI is InChI=1S/C15H20N4O3/c20-16-9-13-1-5-18(6-2-13)11-22-12-19-7-3-14(4-8-19)15(10-19)17-21/h1-2,5-6,9,14H,3-4,7-8,10-12H2/p+2/b17-15-. The van der Waals surface area contributed by atoms with Gasteiger partial charge in [-0.1, -0.05) is 10.3 Å². The fraction of sp³-hybridized carbons (Fsp3) is 0.533. The summed E-state index contributed by atoms with van der Waals surface area (Å²) in [6, 6.07) is 3.72. The van der Waals surface area contributed by atoms with E-state index in [1.54, 1.807) is 0 Å². The molecule has 118 valence electrons. The summed E-state index contributed by atoms with van der Waals surface area (Å²) in [5, 5.41) is 24.1. The third-order valence-electron chi connectivity index (χ3n) is 4.73. The van der Waals surface area contributed by atoms with Gasteiger partial charge in [-0.15, -0.1) is 0 Å². The summed E-state index contributed by atoms with van der Waals surface area (Å²) in [6.45, 7) is 4.11. The maximum absolute atomic E-state index is 9.11. The van der Waals surface area contributed by atoms with Crippen LogP contribution >= 0.6 is 0 Å². The quantitative estimate of drug-likeness (QED) is 0.277. The van der Waals surface area contributed by atoms with Crippen LogP contribution in [0.25, 0.3) is 0 Å². The van der Waals surface area contributed by atoms with Crippen molar-refractivity contribution in [2.75, 3.05) is 26.4 Å². The molecule has 22 heavy (non-hydrogen) atoms. The van der Waals surface area contributed by atoms with Gasteiger partial charge in [0.2, 0.25) is 0 Å². The number of aromatic nitrogens is 1. The Kier molecular flexibility index (Phi) is 4.35. The van der Waals surface area contributed by atoms with Crippen LogP contribution in [0.3, 0.4) is 0 Å². The Labute approximate surface area is 129 Å². The molecule has 4 heterocycles. The smallest absolute Gasteiger partial charge is 0.257 e. The fourth-order valence-corrected chi connectivity index (χ4v) is 3.42. The topological polar surface area (TPSA) is 78.3 Å². The molecule has 7 heteroatoms. The zero-order valence-electron chi connectivity index (χ0n) is 12.5. The molecule has 0 amide bonds. The Balaban J connectivity index is 1.54. The summed E-state index contributed by atoms with van der Waals surface area (Å²) in [4.78, 5) is 0. The molecule has 1 aromatic rings. The average molecular weight is 306 g/mol. The molecule has 2 N–H and O–H groups in total. The van der Waals surface area contributed by atoms with Crippen molar-refractivity contribution >= 4 is 11.9 Å². The second kappa shape index (κ2) is 6.41. The third kappa shape index (κ3) is 3.10. The van der Waals surface area contributed by atoms with Gasteiger partial charge in [0.15, 0.2) is 19.1 Å². The van der Waals surface area contributed by atoms with Crippen LogP contribution in [0.1, 0.15) is 18.4 Å². The number of ether oxygens (including phenoxy) is 1. The van der Waals surface area contributed by atoms with Crippen molar-refractivity contribution < 1.29 is 24.2 Å². The van der Waals surface area contributed by atoms with Crippen LogP contribution < -0.4 is 4.57 Å². The highest BCUT2D eigenvalue weighted by molar-refractivity contribution is 5.88. The third-order valence-corrected chi connectivity index (χ3v) is 4.73. The number of hydrogen-bond donors (Lipinski definition) is 2. The maximum atomic E-state index is 9.11. The normalized spacial score (nSPS) is 29.5. The number of quaternary nitrogens is 1. The minimum absolute atomic E-state index is 0.472. The van der Waals surface area contributed by atoms with Crippen molar-refractivity contribution in [3.8, 4) is 0 Å². The lowest BCUT2D eigenvalue weighted by Gasteiger charge is -2.48. The monoisotopic (exact) mass is 306 g/mol. The first-order chi connectivity index (χ1) is 10.7. The zero-order valence-corrected chi connectivity index (χ0v) is 12.5. The Morgan fingerprint density at radius 1 is 1.27 bits per heavy atom. The molecule has 0 atom stereocenters. The SMILES string of the molecule is ON=Cc1cc[n+](COC[N+]23CCC(CC2)/C(=N\O)C3)cc1. The molecule has 0 unspecified atom stereocenters. The Morgan fingerprint density at radius 3 is 2.64 bits per heavy atom. The summed E-state index contributed by atoms with van der Waals surface area (Å²) in [5.41, 5.74) is 1.77. The Bertz CT molecular complexity index is 563. The lowest BCUT2D eigenvalue weighted by molar-refractivity contribution is -0.954. The lowest BCUT2D eigenvalue weighted by atomic mass is 9.84. The summed E-state index contributed by atoms with van der Waals surface area (Å²) < 4.78 is 8.69. The molecule has 0 radical (unpaired) electrons. The molecule has 3 saturated heterocycles. The van der Waals surface area contributed by atoms with Crippen molar-refractivity contribution in [1.82, 2.24) is 0 Å². The van der Waals surface area contributed by atoms with E-state index in [0.29, 0.717) is 19.4 Å². The molecule has 0 aliphatic carbocycles. The van der Waals surface area contributed by atoms with Gasteiger partial charge in [0, 0.05) is 36.5 Å². The predicted molar refractivity (Wildman–Crippen MR) is 78.8 cm³/mol. The molecule has 3 aliphatic heterocycles. The molecule has 7 nitrogen and oxygen atoms in total. The van der Waals surface area contributed by atoms with Crippen LogP contribution in [0.15, 0.2) is 34.8 Å². The highest BCUT2D eigenvalue weighted by Gasteiger charge is 2.44. The van der Waals surface area contributed by atoms with Gasteiger partial charge in [-0.25, -0.2) is 0 Å². The second-order valence-corrected chi connectivity index (χ2v) is 6.17. The molecular weight excluding hydrogens is 284 g/mol. The minimum Gasteiger partial charge on any atom is -0.411 e. The maximum Gasteiger partial charge on any atom is 0.257 e. The van der Waals surface area contributed by atoms with E-state index in [4.69, 9.17) is 15.2 Å². The van der Waals surface area contributed by atoms with E-state index in [1.165, 1.54) is 6.21 Å². The van der Waals surface area contributed by atoms with Crippen molar-refractivity contribution in [1.29, 1.82) is 0 Å². The summed E-state index contributed by atoms with van der Waals surface area (Å²) in [7, 11) is 0. The van der Waals surface area contributed by atoms with Crippen molar-refractivity contribution in [2.24, 2.45) is 16.2 Å². The molecule has 4 rings (SSSR count). The molecule has 1 aromatic heterocycles. The van der Waals surface area contributed by atoms with Crippen molar-refractivity contribution in [3.05, 3.63) is 30.1 Å². The van der Waals surface area contributed by atoms with Gasteiger partial charge >= 0.3 is 0 Å². The van der Waals surface area contributed by atoms with Crippen LogP contribution in [-0.2, 0) is 11.5 Å². The van der Waals surface area contributed by atoms with Gasteiger partial charge in [0.25, 0.3) is 6.73 Å². The Morgan fingerprint density at radius 2 is 2.00 bits per heavy atom. The first-order valence-electron chi connectivity index (χ1n) is 7.55. The molecule has 3 fully saturated rings. The summed E-state index contributed by atoms with van der Waals surface area (Å²) in [5.74, 6) is 0.472. The molecule has 0 saturated carbocycles.